The zero-order valence-corrected chi connectivity index (χ0v) is 6.95. The lowest BCUT2D eigenvalue weighted by Gasteiger charge is -2.19. The molecule has 1 N–H and O–H groups in total. The van der Waals surface area contributed by atoms with E-state index in [1.54, 1.807) is 6.08 Å². The first kappa shape index (κ1) is 8.47. The fourth-order valence-electron chi connectivity index (χ4n) is 1.34. The average molecular weight is 154 g/mol. The molecule has 1 aliphatic rings. The fourth-order valence-corrected chi connectivity index (χ4v) is 1.34. The molecule has 2 nitrogen and oxygen atoms in total. The fraction of sp³-hybridized carbons (Fsp3) is 0.667. The van der Waals surface area contributed by atoms with Gasteiger partial charge in [-0.15, -0.1) is 0 Å². The van der Waals surface area contributed by atoms with Crippen molar-refractivity contribution in [3.05, 3.63) is 12.2 Å². The summed E-state index contributed by atoms with van der Waals surface area (Å²) in [4.78, 5) is 11.1. The van der Waals surface area contributed by atoms with Gasteiger partial charge in [0.2, 0.25) is 0 Å². The van der Waals surface area contributed by atoms with Gasteiger partial charge in [0.15, 0.2) is 5.78 Å². The van der Waals surface area contributed by atoms with E-state index in [2.05, 4.69) is 0 Å². The van der Waals surface area contributed by atoms with Gasteiger partial charge in [0.25, 0.3) is 0 Å². The molecule has 62 valence electrons. The summed E-state index contributed by atoms with van der Waals surface area (Å²) in [5.74, 6) is 0.0741. The van der Waals surface area contributed by atoms with Crippen LogP contribution in [0.25, 0.3) is 0 Å². The van der Waals surface area contributed by atoms with Gasteiger partial charge in [-0.3, -0.25) is 4.79 Å². The van der Waals surface area contributed by atoms with E-state index in [0.717, 1.165) is 0 Å². The molecule has 0 saturated heterocycles. The van der Waals surface area contributed by atoms with E-state index >= 15 is 0 Å². The maximum atomic E-state index is 11.1. The van der Waals surface area contributed by atoms with Crippen molar-refractivity contribution in [1.29, 1.82) is 0 Å². The molecule has 0 saturated carbocycles. The monoisotopic (exact) mass is 154 g/mol. The van der Waals surface area contributed by atoms with Gasteiger partial charge < -0.3 is 5.11 Å². The quantitative estimate of drug-likeness (QED) is 0.647. The maximum Gasteiger partial charge on any atom is 0.161 e. The van der Waals surface area contributed by atoms with Gasteiger partial charge in [-0.25, -0.2) is 0 Å². The van der Waals surface area contributed by atoms with Crippen molar-refractivity contribution < 1.29 is 9.90 Å². The molecule has 1 rings (SSSR count). The van der Waals surface area contributed by atoms with Crippen molar-refractivity contribution in [3.63, 3.8) is 0 Å². The van der Waals surface area contributed by atoms with Crippen molar-refractivity contribution in [3.8, 4) is 0 Å². The van der Waals surface area contributed by atoms with Crippen LogP contribution in [0.15, 0.2) is 12.2 Å². The SMILES string of the molecule is CC(C)[C@H](O)[C@@H]1CC=CC1=O. The Labute approximate surface area is 66.9 Å². The molecule has 0 spiro atoms. The minimum atomic E-state index is -0.475. The van der Waals surface area contributed by atoms with Crippen LogP contribution < -0.4 is 0 Å². The second-order valence-electron chi connectivity index (χ2n) is 3.38. The molecule has 0 unspecified atom stereocenters. The highest BCUT2D eigenvalue weighted by Gasteiger charge is 2.28. The summed E-state index contributed by atoms with van der Waals surface area (Å²) in [5, 5.41) is 9.54. The number of rotatable bonds is 2. The molecule has 1 aliphatic carbocycles. The smallest absolute Gasteiger partial charge is 0.161 e. The molecule has 11 heavy (non-hydrogen) atoms. The lowest BCUT2D eigenvalue weighted by Crippen LogP contribution is -2.28. The van der Waals surface area contributed by atoms with Gasteiger partial charge in [0.1, 0.15) is 0 Å². The van der Waals surface area contributed by atoms with E-state index in [9.17, 15) is 9.90 Å². The molecule has 0 aromatic rings. The van der Waals surface area contributed by atoms with Gasteiger partial charge in [-0.05, 0) is 18.4 Å². The van der Waals surface area contributed by atoms with Crippen LogP contribution in [0.2, 0.25) is 0 Å². The van der Waals surface area contributed by atoms with Crippen LogP contribution in [0.4, 0.5) is 0 Å². The highest BCUT2D eigenvalue weighted by Crippen LogP contribution is 2.22. The minimum Gasteiger partial charge on any atom is -0.392 e. The Morgan fingerprint density at radius 3 is 2.64 bits per heavy atom. The molecular weight excluding hydrogens is 140 g/mol. The Morgan fingerprint density at radius 1 is 1.64 bits per heavy atom. The van der Waals surface area contributed by atoms with Gasteiger partial charge in [0, 0.05) is 0 Å². The lowest BCUT2D eigenvalue weighted by atomic mass is 9.91. The molecule has 0 aliphatic heterocycles. The topological polar surface area (TPSA) is 37.3 Å². The number of carbonyl (C=O) groups is 1. The number of allylic oxidation sites excluding steroid dienone is 2. The Kier molecular flexibility index (Phi) is 2.45. The number of ketones is 1. The third-order valence-corrected chi connectivity index (χ3v) is 2.13. The first-order chi connectivity index (χ1) is 5.13. The molecule has 0 amide bonds. The molecule has 0 heterocycles. The molecule has 0 fully saturated rings. The molecule has 2 heteroatoms. The van der Waals surface area contributed by atoms with Gasteiger partial charge in [0.05, 0.1) is 12.0 Å². The summed E-state index contributed by atoms with van der Waals surface area (Å²) < 4.78 is 0. The van der Waals surface area contributed by atoms with Crippen molar-refractivity contribution in [2.75, 3.05) is 0 Å². The van der Waals surface area contributed by atoms with Crippen LogP contribution in [0.5, 0.6) is 0 Å². The van der Waals surface area contributed by atoms with Crippen LogP contribution >= 0.6 is 0 Å². The van der Waals surface area contributed by atoms with Gasteiger partial charge in [-0.1, -0.05) is 19.9 Å². The Morgan fingerprint density at radius 2 is 2.27 bits per heavy atom. The van der Waals surface area contributed by atoms with Crippen molar-refractivity contribution in [1.82, 2.24) is 0 Å². The number of hydrogen-bond donors (Lipinski definition) is 1. The predicted molar refractivity (Wildman–Crippen MR) is 43.1 cm³/mol. The minimum absolute atomic E-state index is 0.0752. The zero-order valence-electron chi connectivity index (χ0n) is 6.95. The standard InChI is InChI=1S/C9H14O2/c1-6(2)9(11)7-4-3-5-8(7)10/h3,5-7,9,11H,4H2,1-2H3/t7-,9+/m1/s1. The van der Waals surface area contributed by atoms with Crippen LogP contribution in [-0.2, 0) is 4.79 Å². The Balaban J connectivity index is 2.55. The molecular formula is C9H14O2. The molecule has 0 aromatic carbocycles. The van der Waals surface area contributed by atoms with E-state index in [1.165, 1.54) is 0 Å². The van der Waals surface area contributed by atoms with Crippen LogP contribution in [0, 0.1) is 11.8 Å². The van der Waals surface area contributed by atoms with E-state index in [0.29, 0.717) is 6.42 Å². The summed E-state index contributed by atoms with van der Waals surface area (Å²) in [7, 11) is 0. The lowest BCUT2D eigenvalue weighted by molar-refractivity contribution is -0.121. The van der Waals surface area contributed by atoms with Gasteiger partial charge >= 0.3 is 0 Å². The number of carbonyl (C=O) groups excluding carboxylic acids is 1. The van der Waals surface area contributed by atoms with Crippen molar-refractivity contribution in [2.45, 2.75) is 26.4 Å². The molecule has 2 atom stereocenters. The zero-order chi connectivity index (χ0) is 8.43. The summed E-state index contributed by atoms with van der Waals surface area (Å²) in [6.45, 7) is 3.85. The van der Waals surface area contributed by atoms with E-state index < -0.39 is 6.10 Å². The second-order valence-corrected chi connectivity index (χ2v) is 3.38. The predicted octanol–water partition coefficient (Wildman–Crippen LogP) is 1.15. The van der Waals surface area contributed by atoms with Crippen molar-refractivity contribution in [2.24, 2.45) is 11.8 Å². The first-order valence-electron chi connectivity index (χ1n) is 4.01. The Bertz CT molecular complexity index is 182. The van der Waals surface area contributed by atoms with Crippen LogP contribution in [0.3, 0.4) is 0 Å². The summed E-state index contributed by atoms with van der Waals surface area (Å²) in [6, 6.07) is 0. The Hall–Kier alpha value is -0.630. The highest BCUT2D eigenvalue weighted by atomic mass is 16.3. The normalized spacial score (nSPS) is 26.5. The largest absolute Gasteiger partial charge is 0.392 e. The second kappa shape index (κ2) is 3.18. The molecule has 0 radical (unpaired) electrons. The summed E-state index contributed by atoms with van der Waals surface area (Å²) in [6.07, 6.45) is 3.63. The van der Waals surface area contributed by atoms with Gasteiger partial charge in [-0.2, -0.15) is 0 Å². The van der Waals surface area contributed by atoms with Crippen LogP contribution in [0.1, 0.15) is 20.3 Å². The molecule has 0 aromatic heterocycles. The molecule has 0 bridgehead atoms. The highest BCUT2D eigenvalue weighted by molar-refractivity contribution is 5.94. The third kappa shape index (κ3) is 1.69. The number of hydrogen-bond acceptors (Lipinski definition) is 2. The van der Waals surface area contributed by atoms with E-state index in [-0.39, 0.29) is 17.6 Å². The first-order valence-corrected chi connectivity index (χ1v) is 4.01. The third-order valence-electron chi connectivity index (χ3n) is 2.13. The van der Waals surface area contributed by atoms with Crippen LogP contribution in [-0.4, -0.2) is 17.0 Å². The maximum absolute atomic E-state index is 11.1. The summed E-state index contributed by atoms with van der Waals surface area (Å²) >= 11 is 0. The number of aliphatic hydroxyl groups is 1. The van der Waals surface area contributed by atoms with Crippen molar-refractivity contribution >= 4 is 5.78 Å². The summed E-state index contributed by atoms with van der Waals surface area (Å²) in [5.41, 5.74) is 0. The van der Waals surface area contributed by atoms with E-state index in [1.807, 2.05) is 19.9 Å². The van der Waals surface area contributed by atoms with E-state index in [4.69, 9.17) is 0 Å². The average Bonchev–Trinajstić information content (AvgIpc) is 2.33. The number of aliphatic hydroxyl groups excluding tert-OH is 1.